The molecule has 0 bridgehead atoms. The van der Waals surface area contributed by atoms with Crippen LogP contribution in [-0.4, -0.2) is 13.7 Å². The molecule has 0 amide bonds. The smallest absolute Gasteiger partial charge is 0.118 e. The second-order valence-corrected chi connectivity index (χ2v) is 4.18. The zero-order valence-corrected chi connectivity index (χ0v) is 10.6. The van der Waals surface area contributed by atoms with Crippen LogP contribution in [0.3, 0.4) is 0 Å². The van der Waals surface area contributed by atoms with Gasteiger partial charge in [0, 0.05) is 12.6 Å². The minimum absolute atomic E-state index is 0.363. The van der Waals surface area contributed by atoms with E-state index in [1.54, 1.807) is 7.11 Å². The first-order valence-electron chi connectivity index (χ1n) is 5.64. The lowest BCUT2D eigenvalue weighted by Crippen LogP contribution is -2.18. The van der Waals surface area contributed by atoms with E-state index in [0.29, 0.717) is 6.04 Å². The zero-order chi connectivity index (χ0) is 12.0. The van der Waals surface area contributed by atoms with Crippen molar-refractivity contribution in [2.45, 2.75) is 26.8 Å². The highest BCUT2D eigenvalue weighted by atomic mass is 16.5. The molecular formula is C14H21NO. The summed E-state index contributed by atoms with van der Waals surface area (Å²) in [7, 11) is 1.69. The van der Waals surface area contributed by atoms with Gasteiger partial charge in [-0.05, 0) is 38.5 Å². The highest BCUT2D eigenvalue weighted by Gasteiger charge is 2.03. The topological polar surface area (TPSA) is 21.3 Å². The molecule has 2 heteroatoms. The van der Waals surface area contributed by atoms with Gasteiger partial charge < -0.3 is 10.1 Å². The lowest BCUT2D eigenvalue weighted by molar-refractivity contribution is 0.414. The van der Waals surface area contributed by atoms with E-state index in [1.165, 1.54) is 11.1 Å². The van der Waals surface area contributed by atoms with Crippen LogP contribution in [0.1, 0.15) is 32.4 Å². The van der Waals surface area contributed by atoms with Crippen LogP contribution < -0.4 is 10.1 Å². The van der Waals surface area contributed by atoms with Gasteiger partial charge in [-0.2, -0.15) is 0 Å². The first-order chi connectivity index (χ1) is 7.63. The molecule has 16 heavy (non-hydrogen) atoms. The van der Waals surface area contributed by atoms with E-state index in [0.717, 1.165) is 12.3 Å². The molecule has 1 atom stereocenters. The Morgan fingerprint density at radius 1 is 1.31 bits per heavy atom. The van der Waals surface area contributed by atoms with Crippen LogP contribution in [0.4, 0.5) is 0 Å². The third-order valence-electron chi connectivity index (χ3n) is 2.55. The number of rotatable bonds is 5. The average molecular weight is 219 g/mol. The first kappa shape index (κ1) is 12.8. The Morgan fingerprint density at radius 3 is 2.44 bits per heavy atom. The number of hydrogen-bond acceptors (Lipinski definition) is 2. The fourth-order valence-electron chi connectivity index (χ4n) is 1.45. The third kappa shape index (κ3) is 4.07. The molecule has 2 nitrogen and oxygen atoms in total. The van der Waals surface area contributed by atoms with Crippen LogP contribution in [0.5, 0.6) is 5.75 Å². The molecule has 0 aromatic heterocycles. The molecule has 1 N–H and O–H groups in total. The molecule has 0 unspecified atom stereocenters. The molecule has 1 rings (SSSR count). The van der Waals surface area contributed by atoms with E-state index in [2.05, 4.69) is 44.3 Å². The monoisotopic (exact) mass is 219 g/mol. The minimum Gasteiger partial charge on any atom is -0.497 e. The zero-order valence-electron chi connectivity index (χ0n) is 10.6. The molecule has 0 aliphatic heterocycles. The SMILES string of the molecule is COc1ccc([C@@H](C)NCC=C(C)C)cc1. The summed E-state index contributed by atoms with van der Waals surface area (Å²) < 4.78 is 5.13. The van der Waals surface area contributed by atoms with Gasteiger partial charge in [0.15, 0.2) is 0 Å². The number of benzene rings is 1. The van der Waals surface area contributed by atoms with Crippen molar-refractivity contribution in [3.63, 3.8) is 0 Å². The average Bonchev–Trinajstić information content (AvgIpc) is 2.28. The summed E-state index contributed by atoms with van der Waals surface area (Å²) in [5.41, 5.74) is 2.62. The van der Waals surface area contributed by atoms with Gasteiger partial charge in [-0.1, -0.05) is 23.8 Å². The Balaban J connectivity index is 2.52. The summed E-state index contributed by atoms with van der Waals surface area (Å²) in [5.74, 6) is 0.903. The lowest BCUT2D eigenvalue weighted by atomic mass is 10.1. The Labute approximate surface area is 98.3 Å². The maximum Gasteiger partial charge on any atom is 0.118 e. The second-order valence-electron chi connectivity index (χ2n) is 4.18. The number of methoxy groups -OCH3 is 1. The van der Waals surface area contributed by atoms with Crippen LogP contribution in [0, 0.1) is 0 Å². The van der Waals surface area contributed by atoms with Crippen molar-refractivity contribution in [3.8, 4) is 5.75 Å². The van der Waals surface area contributed by atoms with Crippen molar-refractivity contribution in [1.82, 2.24) is 5.32 Å². The maximum atomic E-state index is 5.13. The predicted octanol–water partition coefficient (Wildman–Crippen LogP) is 3.31. The quantitative estimate of drug-likeness (QED) is 0.767. The van der Waals surface area contributed by atoms with E-state index in [4.69, 9.17) is 4.74 Å². The molecule has 0 heterocycles. The standard InChI is InChI=1S/C14H21NO/c1-11(2)9-10-15-12(3)13-5-7-14(16-4)8-6-13/h5-9,12,15H,10H2,1-4H3/t12-/m1/s1. The van der Waals surface area contributed by atoms with E-state index in [9.17, 15) is 0 Å². The molecule has 0 aliphatic rings. The molecule has 1 aromatic carbocycles. The van der Waals surface area contributed by atoms with Crippen LogP contribution >= 0.6 is 0 Å². The fourth-order valence-corrected chi connectivity index (χ4v) is 1.45. The Kier molecular flexibility index (Phi) is 5.06. The second kappa shape index (κ2) is 6.33. The predicted molar refractivity (Wildman–Crippen MR) is 68.8 cm³/mol. The third-order valence-corrected chi connectivity index (χ3v) is 2.55. The van der Waals surface area contributed by atoms with E-state index in [1.807, 2.05) is 12.1 Å². The summed E-state index contributed by atoms with van der Waals surface area (Å²) in [6.07, 6.45) is 2.19. The summed E-state index contributed by atoms with van der Waals surface area (Å²) >= 11 is 0. The highest BCUT2D eigenvalue weighted by Crippen LogP contribution is 2.16. The van der Waals surface area contributed by atoms with Gasteiger partial charge in [-0.3, -0.25) is 0 Å². The van der Waals surface area contributed by atoms with Gasteiger partial charge in [0.2, 0.25) is 0 Å². The van der Waals surface area contributed by atoms with E-state index >= 15 is 0 Å². The van der Waals surface area contributed by atoms with Crippen molar-refractivity contribution in [3.05, 3.63) is 41.5 Å². The maximum absolute atomic E-state index is 5.13. The number of ether oxygens (including phenoxy) is 1. The Morgan fingerprint density at radius 2 is 1.94 bits per heavy atom. The molecule has 0 aliphatic carbocycles. The van der Waals surface area contributed by atoms with Gasteiger partial charge in [-0.15, -0.1) is 0 Å². The van der Waals surface area contributed by atoms with Crippen molar-refractivity contribution in [2.75, 3.05) is 13.7 Å². The molecular weight excluding hydrogens is 198 g/mol. The number of nitrogens with one attached hydrogen (secondary N) is 1. The van der Waals surface area contributed by atoms with Crippen LogP contribution in [0.15, 0.2) is 35.9 Å². The summed E-state index contributed by atoms with van der Waals surface area (Å²) in [6.45, 7) is 7.30. The first-order valence-corrected chi connectivity index (χ1v) is 5.64. The Bertz CT molecular complexity index is 336. The van der Waals surface area contributed by atoms with E-state index in [-0.39, 0.29) is 0 Å². The van der Waals surface area contributed by atoms with Gasteiger partial charge >= 0.3 is 0 Å². The van der Waals surface area contributed by atoms with Crippen molar-refractivity contribution < 1.29 is 4.74 Å². The Hall–Kier alpha value is -1.28. The molecule has 0 saturated carbocycles. The molecule has 0 saturated heterocycles. The van der Waals surface area contributed by atoms with Crippen molar-refractivity contribution in [1.29, 1.82) is 0 Å². The van der Waals surface area contributed by atoms with Crippen LogP contribution in [-0.2, 0) is 0 Å². The molecule has 0 radical (unpaired) electrons. The summed E-state index contributed by atoms with van der Waals surface area (Å²) in [5, 5.41) is 3.45. The number of allylic oxidation sites excluding steroid dienone is 1. The fraction of sp³-hybridized carbons (Fsp3) is 0.429. The van der Waals surface area contributed by atoms with Gasteiger partial charge in [0.1, 0.15) is 5.75 Å². The summed E-state index contributed by atoms with van der Waals surface area (Å²) in [4.78, 5) is 0. The highest BCUT2D eigenvalue weighted by molar-refractivity contribution is 5.28. The largest absolute Gasteiger partial charge is 0.497 e. The molecule has 0 spiro atoms. The number of hydrogen-bond donors (Lipinski definition) is 1. The molecule has 0 fully saturated rings. The lowest BCUT2D eigenvalue weighted by Gasteiger charge is -2.13. The van der Waals surface area contributed by atoms with E-state index < -0.39 is 0 Å². The molecule has 1 aromatic rings. The van der Waals surface area contributed by atoms with Gasteiger partial charge in [-0.25, -0.2) is 0 Å². The molecule has 88 valence electrons. The van der Waals surface area contributed by atoms with Gasteiger partial charge in [0.05, 0.1) is 7.11 Å². The normalized spacial score (nSPS) is 12.0. The van der Waals surface area contributed by atoms with Crippen molar-refractivity contribution in [2.24, 2.45) is 0 Å². The van der Waals surface area contributed by atoms with Crippen molar-refractivity contribution >= 4 is 0 Å². The van der Waals surface area contributed by atoms with Gasteiger partial charge in [0.25, 0.3) is 0 Å². The van der Waals surface area contributed by atoms with Crippen LogP contribution in [0.2, 0.25) is 0 Å². The summed E-state index contributed by atoms with van der Waals surface area (Å²) in [6, 6.07) is 8.54. The van der Waals surface area contributed by atoms with Crippen LogP contribution in [0.25, 0.3) is 0 Å². The minimum atomic E-state index is 0.363.